The van der Waals surface area contributed by atoms with Gasteiger partial charge in [0.1, 0.15) is 0 Å². The van der Waals surface area contributed by atoms with Crippen molar-refractivity contribution in [3.8, 4) is 0 Å². The Morgan fingerprint density at radius 2 is 1.84 bits per heavy atom. The predicted molar refractivity (Wildman–Crippen MR) is 84.4 cm³/mol. The highest BCUT2D eigenvalue weighted by atomic mass is 28.3. The number of nitrogens with zero attached hydrogens (tertiary/aromatic N) is 1. The molecule has 0 amide bonds. The molecule has 3 rings (SSSR count). The maximum atomic E-state index is 2.80. The van der Waals surface area contributed by atoms with E-state index in [1.54, 1.807) is 5.19 Å². The van der Waals surface area contributed by atoms with E-state index < -0.39 is 0 Å². The van der Waals surface area contributed by atoms with Crippen molar-refractivity contribution in [3.63, 3.8) is 0 Å². The summed E-state index contributed by atoms with van der Waals surface area (Å²) in [5.74, 6) is 0.980. The lowest BCUT2D eigenvalue weighted by molar-refractivity contribution is 0.0672. The lowest BCUT2D eigenvalue weighted by Gasteiger charge is -2.45. The van der Waals surface area contributed by atoms with Gasteiger partial charge in [0.15, 0.2) is 0 Å². The van der Waals surface area contributed by atoms with Crippen LogP contribution >= 0.6 is 0 Å². The van der Waals surface area contributed by atoms with Crippen LogP contribution in [0.1, 0.15) is 32.1 Å². The van der Waals surface area contributed by atoms with Gasteiger partial charge in [0, 0.05) is 6.04 Å². The van der Waals surface area contributed by atoms with Crippen molar-refractivity contribution in [2.75, 3.05) is 13.1 Å². The van der Waals surface area contributed by atoms with Crippen LogP contribution in [0.4, 0.5) is 0 Å². The average Bonchev–Trinajstić information content (AvgIpc) is 2.48. The summed E-state index contributed by atoms with van der Waals surface area (Å²) in [5, 5.41) is 1.63. The van der Waals surface area contributed by atoms with Gasteiger partial charge in [-0.25, -0.2) is 0 Å². The molecule has 0 N–H and O–H groups in total. The second-order valence-electron chi connectivity index (χ2n) is 6.35. The summed E-state index contributed by atoms with van der Waals surface area (Å²) in [5.41, 5.74) is 0. The van der Waals surface area contributed by atoms with E-state index in [9.17, 15) is 0 Å². The molecular weight excluding hydrogens is 246 g/mol. The van der Waals surface area contributed by atoms with Crippen LogP contribution in [0.3, 0.4) is 0 Å². The van der Waals surface area contributed by atoms with Crippen molar-refractivity contribution in [2.24, 2.45) is 5.92 Å². The maximum Gasteiger partial charge on any atom is 0.0827 e. The SMILES string of the molecule is C[Si](C[C@@H]1CCCN2CCCC[C@@H]12)c1ccccc1. The molecule has 1 aromatic carbocycles. The van der Waals surface area contributed by atoms with Crippen LogP contribution in [0.5, 0.6) is 0 Å². The molecule has 2 atom stereocenters. The fourth-order valence-corrected chi connectivity index (χ4v) is 6.31. The number of benzene rings is 1. The van der Waals surface area contributed by atoms with Crippen molar-refractivity contribution in [1.29, 1.82) is 0 Å². The summed E-state index contributed by atoms with van der Waals surface area (Å²) >= 11 is 0. The molecule has 0 unspecified atom stereocenters. The molecule has 1 radical (unpaired) electrons. The summed E-state index contributed by atoms with van der Waals surface area (Å²) < 4.78 is 0. The summed E-state index contributed by atoms with van der Waals surface area (Å²) in [6.07, 6.45) is 7.29. The smallest absolute Gasteiger partial charge is 0.0827 e. The van der Waals surface area contributed by atoms with Gasteiger partial charge in [-0.3, -0.25) is 0 Å². The minimum absolute atomic E-state index is 0.342. The first kappa shape index (κ1) is 13.4. The van der Waals surface area contributed by atoms with Crippen LogP contribution in [-0.2, 0) is 0 Å². The molecule has 0 bridgehead atoms. The van der Waals surface area contributed by atoms with E-state index in [2.05, 4.69) is 41.8 Å². The van der Waals surface area contributed by atoms with Gasteiger partial charge in [0.2, 0.25) is 0 Å². The highest BCUT2D eigenvalue weighted by Crippen LogP contribution is 2.33. The minimum Gasteiger partial charge on any atom is -0.300 e. The number of hydrogen-bond donors (Lipinski definition) is 0. The first-order valence-electron chi connectivity index (χ1n) is 7.96. The van der Waals surface area contributed by atoms with E-state index in [1.165, 1.54) is 51.2 Å². The summed E-state index contributed by atoms with van der Waals surface area (Å²) in [7, 11) is -0.342. The van der Waals surface area contributed by atoms with Gasteiger partial charge < -0.3 is 4.90 Å². The Morgan fingerprint density at radius 3 is 2.68 bits per heavy atom. The number of fused-ring (bicyclic) bond motifs is 1. The zero-order valence-electron chi connectivity index (χ0n) is 12.1. The lowest BCUT2D eigenvalue weighted by atomic mass is 9.85. The zero-order chi connectivity index (χ0) is 13.1. The molecule has 19 heavy (non-hydrogen) atoms. The zero-order valence-corrected chi connectivity index (χ0v) is 13.1. The van der Waals surface area contributed by atoms with Gasteiger partial charge >= 0.3 is 0 Å². The molecule has 2 aliphatic heterocycles. The van der Waals surface area contributed by atoms with Gasteiger partial charge in [-0.2, -0.15) is 0 Å². The van der Waals surface area contributed by atoms with Crippen LogP contribution in [0.25, 0.3) is 0 Å². The Hall–Kier alpha value is -0.603. The van der Waals surface area contributed by atoms with E-state index >= 15 is 0 Å². The Bertz CT molecular complexity index is 390. The molecule has 2 heteroatoms. The standard InChI is InChI=1S/C17H26NSi/c1-19(16-9-3-2-4-10-16)14-15-8-7-13-18-12-6-5-11-17(15)18/h2-4,9-10,15,17H,5-8,11-14H2,1H3/t15-,17-/m0/s1. The Labute approximate surface area is 119 Å². The van der Waals surface area contributed by atoms with Gasteiger partial charge in [-0.1, -0.05) is 54.5 Å². The molecule has 0 spiro atoms. The monoisotopic (exact) mass is 272 g/mol. The fourth-order valence-electron chi connectivity index (χ4n) is 4.05. The third-order valence-electron chi connectivity index (χ3n) is 5.06. The summed E-state index contributed by atoms with van der Waals surface area (Å²) in [4.78, 5) is 2.80. The van der Waals surface area contributed by atoms with E-state index in [-0.39, 0.29) is 8.80 Å². The van der Waals surface area contributed by atoms with Crippen molar-refractivity contribution < 1.29 is 0 Å². The number of piperidine rings is 2. The fraction of sp³-hybridized carbons (Fsp3) is 0.647. The molecule has 0 aliphatic carbocycles. The topological polar surface area (TPSA) is 3.24 Å². The molecule has 0 aromatic heterocycles. The highest BCUT2D eigenvalue weighted by molar-refractivity contribution is 6.72. The van der Waals surface area contributed by atoms with Crippen LogP contribution in [-0.4, -0.2) is 32.8 Å². The van der Waals surface area contributed by atoms with Gasteiger partial charge in [-0.15, -0.1) is 0 Å². The normalized spacial score (nSPS) is 28.3. The molecule has 103 valence electrons. The van der Waals surface area contributed by atoms with Gasteiger partial charge in [0.05, 0.1) is 8.80 Å². The second-order valence-corrected chi connectivity index (χ2v) is 8.90. The van der Waals surface area contributed by atoms with Crippen molar-refractivity contribution in [2.45, 2.75) is 50.7 Å². The Kier molecular flexibility index (Phi) is 4.39. The van der Waals surface area contributed by atoms with E-state index in [0.29, 0.717) is 0 Å². The van der Waals surface area contributed by atoms with Crippen molar-refractivity contribution in [1.82, 2.24) is 4.90 Å². The first-order valence-corrected chi connectivity index (χ1v) is 10.2. The maximum absolute atomic E-state index is 2.80. The molecule has 1 aromatic rings. The largest absolute Gasteiger partial charge is 0.300 e. The van der Waals surface area contributed by atoms with Crippen molar-refractivity contribution in [3.05, 3.63) is 30.3 Å². The van der Waals surface area contributed by atoms with Crippen LogP contribution in [0.2, 0.25) is 12.6 Å². The first-order chi connectivity index (χ1) is 9.34. The molecule has 2 saturated heterocycles. The number of rotatable bonds is 3. The summed E-state index contributed by atoms with van der Waals surface area (Å²) in [6, 6.07) is 13.6. The van der Waals surface area contributed by atoms with E-state index in [0.717, 1.165) is 12.0 Å². The van der Waals surface area contributed by atoms with Crippen LogP contribution in [0, 0.1) is 5.92 Å². The van der Waals surface area contributed by atoms with Crippen molar-refractivity contribution >= 4 is 14.0 Å². The second kappa shape index (κ2) is 6.23. The van der Waals surface area contributed by atoms with E-state index in [1.807, 2.05) is 0 Å². The van der Waals surface area contributed by atoms with Gasteiger partial charge in [-0.05, 0) is 44.7 Å². The quantitative estimate of drug-likeness (QED) is 0.763. The molecule has 2 fully saturated rings. The Balaban J connectivity index is 1.65. The summed E-state index contributed by atoms with van der Waals surface area (Å²) in [6.45, 7) is 5.26. The number of hydrogen-bond acceptors (Lipinski definition) is 1. The van der Waals surface area contributed by atoms with Crippen LogP contribution in [0.15, 0.2) is 30.3 Å². The van der Waals surface area contributed by atoms with E-state index in [4.69, 9.17) is 0 Å². The lowest BCUT2D eigenvalue weighted by Crippen LogP contribution is -2.49. The highest BCUT2D eigenvalue weighted by Gasteiger charge is 2.33. The minimum atomic E-state index is -0.342. The predicted octanol–water partition coefficient (Wildman–Crippen LogP) is 3.28. The Morgan fingerprint density at radius 1 is 1.05 bits per heavy atom. The third kappa shape index (κ3) is 3.11. The molecule has 2 aliphatic rings. The molecule has 2 heterocycles. The molecule has 0 saturated carbocycles. The van der Waals surface area contributed by atoms with Gasteiger partial charge in [0.25, 0.3) is 0 Å². The molecule has 1 nitrogen and oxygen atoms in total. The third-order valence-corrected chi connectivity index (χ3v) is 7.52. The molecular formula is C17H26NSi. The average molecular weight is 272 g/mol. The van der Waals surface area contributed by atoms with Crippen LogP contribution < -0.4 is 5.19 Å².